The summed E-state index contributed by atoms with van der Waals surface area (Å²) in [5, 5.41) is 2.97. The number of carbonyl (C=O) groups excluding carboxylic acids is 1. The Hall–Kier alpha value is -0.240. The van der Waals surface area contributed by atoms with Crippen molar-refractivity contribution in [1.29, 1.82) is 0 Å². The number of nitrogens with one attached hydrogen (secondary N) is 1. The SMILES string of the molecule is CC(C)CCC(=O)NCC(C)(C)CCCl. The highest BCUT2D eigenvalue weighted by molar-refractivity contribution is 6.17. The average molecular weight is 234 g/mol. The van der Waals surface area contributed by atoms with Crippen LogP contribution in [0.1, 0.15) is 47.0 Å². The number of rotatable bonds is 7. The van der Waals surface area contributed by atoms with Gasteiger partial charge in [-0.2, -0.15) is 0 Å². The zero-order chi connectivity index (χ0) is 11.9. The van der Waals surface area contributed by atoms with E-state index in [9.17, 15) is 4.79 Å². The Bertz CT molecular complexity index is 190. The van der Waals surface area contributed by atoms with Gasteiger partial charge >= 0.3 is 0 Å². The summed E-state index contributed by atoms with van der Waals surface area (Å²) < 4.78 is 0. The van der Waals surface area contributed by atoms with E-state index in [2.05, 4.69) is 33.0 Å². The first-order chi connectivity index (χ1) is 6.87. The van der Waals surface area contributed by atoms with Crippen LogP contribution in [0.4, 0.5) is 0 Å². The lowest BCUT2D eigenvalue weighted by Gasteiger charge is -2.23. The van der Waals surface area contributed by atoms with Crippen molar-refractivity contribution in [2.45, 2.75) is 47.0 Å². The van der Waals surface area contributed by atoms with Crippen LogP contribution in [0.2, 0.25) is 0 Å². The highest BCUT2D eigenvalue weighted by Crippen LogP contribution is 2.19. The molecule has 0 bridgehead atoms. The molecule has 1 amide bonds. The highest BCUT2D eigenvalue weighted by atomic mass is 35.5. The van der Waals surface area contributed by atoms with Gasteiger partial charge in [0.05, 0.1) is 0 Å². The van der Waals surface area contributed by atoms with Crippen LogP contribution in [0.25, 0.3) is 0 Å². The fourth-order valence-corrected chi connectivity index (χ4v) is 1.70. The summed E-state index contributed by atoms with van der Waals surface area (Å²) in [5.74, 6) is 1.40. The molecule has 90 valence electrons. The first-order valence-corrected chi connectivity index (χ1v) is 6.23. The zero-order valence-electron chi connectivity index (χ0n) is 10.4. The van der Waals surface area contributed by atoms with Crippen LogP contribution in [0.15, 0.2) is 0 Å². The number of carbonyl (C=O) groups is 1. The van der Waals surface area contributed by atoms with Gasteiger partial charge in [-0.3, -0.25) is 4.79 Å². The van der Waals surface area contributed by atoms with Crippen molar-refractivity contribution < 1.29 is 4.79 Å². The Morgan fingerprint density at radius 1 is 1.40 bits per heavy atom. The summed E-state index contributed by atoms with van der Waals surface area (Å²) in [7, 11) is 0. The molecule has 1 N–H and O–H groups in total. The molecule has 0 fully saturated rings. The largest absolute Gasteiger partial charge is 0.356 e. The molecular weight excluding hydrogens is 210 g/mol. The smallest absolute Gasteiger partial charge is 0.220 e. The van der Waals surface area contributed by atoms with Crippen molar-refractivity contribution in [2.75, 3.05) is 12.4 Å². The first-order valence-electron chi connectivity index (χ1n) is 5.70. The van der Waals surface area contributed by atoms with E-state index in [-0.39, 0.29) is 11.3 Å². The Labute approximate surface area is 98.8 Å². The van der Waals surface area contributed by atoms with Crippen molar-refractivity contribution in [2.24, 2.45) is 11.3 Å². The van der Waals surface area contributed by atoms with Gasteiger partial charge in [0.1, 0.15) is 0 Å². The van der Waals surface area contributed by atoms with E-state index in [1.807, 2.05) is 0 Å². The van der Waals surface area contributed by atoms with E-state index >= 15 is 0 Å². The van der Waals surface area contributed by atoms with E-state index in [0.29, 0.717) is 18.2 Å². The minimum absolute atomic E-state index is 0.106. The van der Waals surface area contributed by atoms with Gasteiger partial charge in [-0.05, 0) is 24.2 Å². The topological polar surface area (TPSA) is 29.1 Å². The van der Waals surface area contributed by atoms with Gasteiger partial charge < -0.3 is 5.32 Å². The van der Waals surface area contributed by atoms with Crippen LogP contribution < -0.4 is 5.32 Å². The van der Waals surface area contributed by atoms with Crippen molar-refractivity contribution in [1.82, 2.24) is 5.32 Å². The predicted octanol–water partition coefficient (Wildman–Crippen LogP) is 3.19. The lowest BCUT2D eigenvalue weighted by Crippen LogP contribution is -2.34. The quantitative estimate of drug-likeness (QED) is 0.673. The molecule has 0 saturated heterocycles. The van der Waals surface area contributed by atoms with E-state index in [0.717, 1.165) is 19.4 Å². The molecule has 3 heteroatoms. The first kappa shape index (κ1) is 14.8. The minimum Gasteiger partial charge on any atom is -0.356 e. The fourth-order valence-electron chi connectivity index (χ4n) is 1.19. The van der Waals surface area contributed by atoms with Crippen LogP contribution in [-0.2, 0) is 4.79 Å². The third-order valence-corrected chi connectivity index (χ3v) is 2.67. The van der Waals surface area contributed by atoms with Gasteiger partial charge in [0.25, 0.3) is 0 Å². The zero-order valence-corrected chi connectivity index (χ0v) is 11.2. The summed E-state index contributed by atoms with van der Waals surface area (Å²) in [4.78, 5) is 11.5. The summed E-state index contributed by atoms with van der Waals surface area (Å²) in [5.41, 5.74) is 0.106. The van der Waals surface area contributed by atoms with Crippen LogP contribution in [0.5, 0.6) is 0 Å². The van der Waals surface area contributed by atoms with E-state index in [4.69, 9.17) is 11.6 Å². The molecule has 0 atom stereocenters. The number of hydrogen-bond donors (Lipinski definition) is 1. The lowest BCUT2D eigenvalue weighted by molar-refractivity contribution is -0.121. The van der Waals surface area contributed by atoms with Crippen LogP contribution >= 0.6 is 11.6 Å². The van der Waals surface area contributed by atoms with E-state index < -0.39 is 0 Å². The third kappa shape index (κ3) is 8.73. The standard InChI is InChI=1S/C12H24ClNO/c1-10(2)5-6-11(15)14-9-12(3,4)7-8-13/h10H,5-9H2,1-4H3,(H,14,15). The predicted molar refractivity (Wildman–Crippen MR) is 66.2 cm³/mol. The molecule has 0 saturated carbocycles. The van der Waals surface area contributed by atoms with Gasteiger partial charge in [0, 0.05) is 18.8 Å². The van der Waals surface area contributed by atoms with Crippen molar-refractivity contribution in [3.8, 4) is 0 Å². The van der Waals surface area contributed by atoms with Gasteiger partial charge in [-0.25, -0.2) is 0 Å². The van der Waals surface area contributed by atoms with E-state index in [1.54, 1.807) is 0 Å². The van der Waals surface area contributed by atoms with Gasteiger partial charge in [-0.15, -0.1) is 11.6 Å². The summed E-state index contributed by atoms with van der Waals surface area (Å²) in [6.45, 7) is 9.22. The Balaban J connectivity index is 3.70. The molecule has 0 aliphatic rings. The maximum absolute atomic E-state index is 11.5. The summed E-state index contributed by atoms with van der Waals surface area (Å²) in [6.07, 6.45) is 2.52. The van der Waals surface area contributed by atoms with Gasteiger partial charge in [-0.1, -0.05) is 27.7 Å². The van der Waals surface area contributed by atoms with Gasteiger partial charge in [0.2, 0.25) is 5.91 Å². The maximum Gasteiger partial charge on any atom is 0.220 e. The monoisotopic (exact) mass is 233 g/mol. The molecule has 0 radical (unpaired) electrons. The van der Waals surface area contributed by atoms with Crippen LogP contribution in [0.3, 0.4) is 0 Å². The molecule has 2 nitrogen and oxygen atoms in total. The molecule has 0 aliphatic heterocycles. The molecule has 0 unspecified atom stereocenters. The Morgan fingerprint density at radius 3 is 2.47 bits per heavy atom. The molecule has 0 heterocycles. The Morgan fingerprint density at radius 2 is 2.00 bits per heavy atom. The Kier molecular flexibility index (Phi) is 6.99. The van der Waals surface area contributed by atoms with Crippen molar-refractivity contribution in [3.63, 3.8) is 0 Å². The molecule has 0 aromatic heterocycles. The second-order valence-electron chi connectivity index (χ2n) is 5.31. The average Bonchev–Trinajstić information content (AvgIpc) is 2.11. The number of amides is 1. The number of hydrogen-bond acceptors (Lipinski definition) is 1. The van der Waals surface area contributed by atoms with Crippen molar-refractivity contribution >= 4 is 17.5 Å². The summed E-state index contributed by atoms with van der Waals surface area (Å²) in [6, 6.07) is 0. The maximum atomic E-state index is 11.5. The molecular formula is C12H24ClNO. The normalized spacial score (nSPS) is 11.9. The molecule has 0 aromatic rings. The minimum atomic E-state index is 0.106. The van der Waals surface area contributed by atoms with Crippen molar-refractivity contribution in [3.05, 3.63) is 0 Å². The highest BCUT2D eigenvalue weighted by Gasteiger charge is 2.17. The molecule has 15 heavy (non-hydrogen) atoms. The molecule has 0 aromatic carbocycles. The van der Waals surface area contributed by atoms with Gasteiger partial charge in [0.15, 0.2) is 0 Å². The van der Waals surface area contributed by atoms with Crippen LogP contribution in [0, 0.1) is 11.3 Å². The lowest BCUT2D eigenvalue weighted by atomic mass is 9.90. The number of alkyl halides is 1. The van der Waals surface area contributed by atoms with E-state index in [1.165, 1.54) is 0 Å². The second kappa shape index (κ2) is 7.10. The summed E-state index contributed by atoms with van der Waals surface area (Å²) >= 11 is 5.69. The third-order valence-electron chi connectivity index (χ3n) is 2.48. The second-order valence-corrected chi connectivity index (χ2v) is 5.69. The molecule has 0 rings (SSSR count). The van der Waals surface area contributed by atoms with Crippen LogP contribution in [-0.4, -0.2) is 18.3 Å². The molecule has 0 spiro atoms. The molecule has 0 aliphatic carbocycles. The number of halogens is 1. The fraction of sp³-hybridized carbons (Fsp3) is 0.917.